The molecule has 15 heavy (non-hydrogen) atoms. The van der Waals surface area contributed by atoms with Gasteiger partial charge in [-0.25, -0.2) is 0 Å². The highest BCUT2D eigenvalue weighted by molar-refractivity contribution is 6.29. The predicted molar refractivity (Wildman–Crippen MR) is 60.5 cm³/mol. The average Bonchev–Trinajstić information content (AvgIpc) is 2.60. The van der Waals surface area contributed by atoms with Crippen LogP contribution in [0.25, 0.3) is 0 Å². The third-order valence-electron chi connectivity index (χ3n) is 1.98. The summed E-state index contributed by atoms with van der Waals surface area (Å²) in [6, 6.07) is 3.05. The van der Waals surface area contributed by atoms with Gasteiger partial charge < -0.3 is 9.73 Å². The fourth-order valence-electron chi connectivity index (χ4n) is 0.949. The summed E-state index contributed by atoms with van der Waals surface area (Å²) in [5.74, 6) is 0.216. The summed E-state index contributed by atoms with van der Waals surface area (Å²) in [6.45, 7) is 4.40. The molecule has 0 saturated carbocycles. The van der Waals surface area contributed by atoms with Crippen LogP contribution in [0, 0.1) is 5.92 Å². The van der Waals surface area contributed by atoms with Gasteiger partial charge in [0.2, 0.25) is 0 Å². The van der Waals surface area contributed by atoms with E-state index in [2.05, 4.69) is 5.32 Å². The summed E-state index contributed by atoms with van der Waals surface area (Å²) in [5, 5.41) is 2.79. The van der Waals surface area contributed by atoms with Crippen molar-refractivity contribution in [3.8, 4) is 0 Å². The Balaban J connectivity index is 2.43. The summed E-state index contributed by atoms with van der Waals surface area (Å²) in [7, 11) is 0. The van der Waals surface area contributed by atoms with Crippen molar-refractivity contribution in [1.82, 2.24) is 5.32 Å². The van der Waals surface area contributed by atoms with Gasteiger partial charge in [0, 0.05) is 6.54 Å². The molecule has 0 aliphatic carbocycles. The van der Waals surface area contributed by atoms with Gasteiger partial charge in [-0.1, -0.05) is 13.8 Å². The number of amides is 1. The van der Waals surface area contributed by atoms with E-state index in [0.717, 1.165) is 0 Å². The first kappa shape index (κ1) is 12.4. The predicted octanol–water partition coefficient (Wildman–Crippen LogP) is 2.93. The lowest BCUT2D eigenvalue weighted by Crippen LogP contribution is -2.31. The quantitative estimate of drug-likeness (QED) is 0.835. The normalized spacial score (nSPS) is 12.9. The first-order valence-corrected chi connectivity index (χ1v) is 5.49. The first-order chi connectivity index (χ1) is 7.00. The summed E-state index contributed by atoms with van der Waals surface area (Å²) in [5.41, 5.74) is 0. The molecule has 1 aromatic rings. The molecule has 1 amide bonds. The molecule has 1 aromatic heterocycles. The van der Waals surface area contributed by atoms with Crippen LogP contribution in [-0.2, 0) is 0 Å². The Labute approximate surface area is 98.7 Å². The minimum absolute atomic E-state index is 0.0839. The molecule has 0 aromatic carbocycles. The lowest BCUT2D eigenvalue weighted by Gasteiger charge is -2.13. The van der Waals surface area contributed by atoms with E-state index in [9.17, 15) is 4.79 Å². The largest absolute Gasteiger partial charge is 0.440 e. The maximum Gasteiger partial charge on any atom is 0.287 e. The molecule has 0 aliphatic heterocycles. The minimum Gasteiger partial charge on any atom is -0.440 e. The summed E-state index contributed by atoms with van der Waals surface area (Å²) in [4.78, 5) is 11.5. The van der Waals surface area contributed by atoms with Gasteiger partial charge in [-0.2, -0.15) is 0 Å². The smallest absolute Gasteiger partial charge is 0.287 e. The van der Waals surface area contributed by atoms with Gasteiger partial charge >= 0.3 is 0 Å². The second kappa shape index (κ2) is 5.42. The number of carbonyl (C=O) groups excluding carboxylic acids is 1. The number of alkyl halides is 1. The van der Waals surface area contributed by atoms with E-state index in [1.807, 2.05) is 13.8 Å². The van der Waals surface area contributed by atoms with E-state index >= 15 is 0 Å². The maximum atomic E-state index is 11.5. The van der Waals surface area contributed by atoms with Crippen molar-refractivity contribution in [3.05, 3.63) is 23.1 Å². The molecule has 3 nitrogen and oxygen atoms in total. The van der Waals surface area contributed by atoms with Crippen molar-refractivity contribution < 1.29 is 9.21 Å². The van der Waals surface area contributed by atoms with Gasteiger partial charge in [0.1, 0.15) is 0 Å². The first-order valence-electron chi connectivity index (χ1n) is 4.68. The van der Waals surface area contributed by atoms with Gasteiger partial charge in [-0.05, 0) is 29.7 Å². The van der Waals surface area contributed by atoms with E-state index in [0.29, 0.717) is 12.5 Å². The van der Waals surface area contributed by atoms with Crippen molar-refractivity contribution in [2.24, 2.45) is 5.92 Å². The molecule has 1 rings (SSSR count). The fraction of sp³-hybridized carbons (Fsp3) is 0.500. The number of carbonyl (C=O) groups is 1. The summed E-state index contributed by atoms with van der Waals surface area (Å²) in [6.07, 6.45) is 0. The Morgan fingerprint density at radius 2 is 2.20 bits per heavy atom. The van der Waals surface area contributed by atoms with Crippen molar-refractivity contribution >= 4 is 29.1 Å². The number of hydrogen-bond acceptors (Lipinski definition) is 2. The molecule has 0 aliphatic rings. The Kier molecular flexibility index (Phi) is 4.48. The third-order valence-corrected chi connectivity index (χ3v) is 2.84. The van der Waals surface area contributed by atoms with Gasteiger partial charge in [0.25, 0.3) is 5.91 Å². The van der Waals surface area contributed by atoms with Crippen molar-refractivity contribution in [2.45, 2.75) is 19.2 Å². The van der Waals surface area contributed by atoms with Crippen LogP contribution < -0.4 is 5.32 Å². The highest BCUT2D eigenvalue weighted by atomic mass is 35.5. The molecule has 1 N–H and O–H groups in total. The van der Waals surface area contributed by atoms with Crippen LogP contribution >= 0.6 is 23.2 Å². The SMILES string of the molecule is CC(C)C(Cl)CNC(=O)c1ccc(Cl)o1. The Hall–Kier alpha value is -0.670. The standard InChI is InChI=1S/C10H13Cl2NO2/c1-6(2)7(11)5-13-10(14)8-3-4-9(12)15-8/h3-4,6-7H,5H2,1-2H3,(H,13,14). The molecule has 0 spiro atoms. The molecule has 0 saturated heterocycles. The number of rotatable bonds is 4. The molecule has 0 fully saturated rings. The highest BCUT2D eigenvalue weighted by Crippen LogP contribution is 2.13. The lowest BCUT2D eigenvalue weighted by molar-refractivity contribution is 0.0925. The second-order valence-electron chi connectivity index (χ2n) is 3.57. The molecular weight excluding hydrogens is 237 g/mol. The van der Waals surface area contributed by atoms with E-state index in [1.54, 1.807) is 0 Å². The number of furan rings is 1. The molecule has 84 valence electrons. The van der Waals surface area contributed by atoms with Crippen molar-refractivity contribution in [3.63, 3.8) is 0 Å². The van der Waals surface area contributed by atoms with E-state index < -0.39 is 0 Å². The van der Waals surface area contributed by atoms with E-state index in [-0.39, 0.29) is 22.3 Å². The van der Waals surface area contributed by atoms with Gasteiger partial charge in [0.05, 0.1) is 5.38 Å². The van der Waals surface area contributed by atoms with Crippen LogP contribution in [0.1, 0.15) is 24.4 Å². The van der Waals surface area contributed by atoms with Crippen LogP contribution in [0.15, 0.2) is 16.5 Å². The lowest BCUT2D eigenvalue weighted by atomic mass is 10.1. The monoisotopic (exact) mass is 249 g/mol. The third kappa shape index (κ3) is 3.76. The number of halogens is 2. The van der Waals surface area contributed by atoms with Crippen LogP contribution in [0.4, 0.5) is 0 Å². The maximum absolute atomic E-state index is 11.5. The summed E-state index contributed by atoms with van der Waals surface area (Å²) >= 11 is 11.5. The fourth-order valence-corrected chi connectivity index (χ4v) is 1.17. The molecule has 1 heterocycles. The molecule has 0 bridgehead atoms. The van der Waals surface area contributed by atoms with Crippen LogP contribution in [0.2, 0.25) is 5.22 Å². The zero-order valence-corrected chi connectivity index (χ0v) is 10.1. The van der Waals surface area contributed by atoms with Gasteiger partial charge in [0.15, 0.2) is 11.0 Å². The Morgan fingerprint density at radius 1 is 1.53 bits per heavy atom. The van der Waals surface area contributed by atoms with Crippen molar-refractivity contribution in [2.75, 3.05) is 6.54 Å². The zero-order valence-electron chi connectivity index (χ0n) is 8.59. The minimum atomic E-state index is -0.298. The van der Waals surface area contributed by atoms with Crippen molar-refractivity contribution in [1.29, 1.82) is 0 Å². The molecule has 1 atom stereocenters. The van der Waals surface area contributed by atoms with E-state index in [4.69, 9.17) is 27.6 Å². The van der Waals surface area contributed by atoms with Crippen LogP contribution in [-0.4, -0.2) is 17.8 Å². The molecule has 0 radical (unpaired) electrons. The molecule has 1 unspecified atom stereocenters. The van der Waals surface area contributed by atoms with Crippen LogP contribution in [0.5, 0.6) is 0 Å². The number of nitrogens with one attached hydrogen (secondary N) is 1. The molecular formula is C10H13Cl2NO2. The number of hydrogen-bond donors (Lipinski definition) is 1. The summed E-state index contributed by atoms with van der Waals surface area (Å²) < 4.78 is 4.95. The average molecular weight is 250 g/mol. The van der Waals surface area contributed by atoms with E-state index in [1.165, 1.54) is 12.1 Å². The second-order valence-corrected chi connectivity index (χ2v) is 4.51. The highest BCUT2D eigenvalue weighted by Gasteiger charge is 2.14. The molecule has 5 heteroatoms. The van der Waals surface area contributed by atoms with Crippen LogP contribution in [0.3, 0.4) is 0 Å². The Morgan fingerprint density at radius 3 is 2.67 bits per heavy atom. The van der Waals surface area contributed by atoms with Gasteiger partial charge in [-0.3, -0.25) is 4.79 Å². The Bertz CT molecular complexity index is 336. The zero-order chi connectivity index (χ0) is 11.4. The van der Waals surface area contributed by atoms with Gasteiger partial charge in [-0.15, -0.1) is 11.6 Å². The topological polar surface area (TPSA) is 42.2 Å².